The Labute approximate surface area is 140 Å². The first kappa shape index (κ1) is 14.7. The van der Waals surface area contributed by atoms with Crippen LogP contribution >= 0.6 is 27.3 Å². The fourth-order valence-corrected chi connectivity index (χ4v) is 2.98. The number of hydrogen-bond acceptors (Lipinski definition) is 3. The molecule has 0 radical (unpaired) electrons. The molecule has 0 atom stereocenters. The van der Waals surface area contributed by atoms with Gasteiger partial charge in [-0.3, -0.25) is 4.79 Å². The number of hydrogen-bond donors (Lipinski definition) is 1. The van der Waals surface area contributed by atoms with Crippen LogP contribution in [0.15, 0.2) is 69.7 Å². The first-order valence-electron chi connectivity index (χ1n) is 6.54. The number of rotatable bonds is 4. The summed E-state index contributed by atoms with van der Waals surface area (Å²) in [6.07, 6.45) is 3.58. The van der Waals surface area contributed by atoms with Crippen LogP contribution in [-0.4, -0.2) is 16.7 Å². The maximum absolute atomic E-state index is 11.8. The molecule has 0 unspecified atom stereocenters. The van der Waals surface area contributed by atoms with Crippen molar-refractivity contribution in [3.05, 3.63) is 75.2 Å². The van der Waals surface area contributed by atoms with E-state index >= 15 is 0 Å². The summed E-state index contributed by atoms with van der Waals surface area (Å²) < 4.78 is 3.00. The van der Waals surface area contributed by atoms with E-state index in [0.29, 0.717) is 4.88 Å². The lowest BCUT2D eigenvalue weighted by Gasteiger charge is -2.06. The Bertz CT molecular complexity index is 808. The van der Waals surface area contributed by atoms with Crippen LogP contribution in [0.25, 0.3) is 5.69 Å². The normalized spacial score (nSPS) is 11.0. The van der Waals surface area contributed by atoms with Crippen LogP contribution in [0, 0.1) is 0 Å². The first-order chi connectivity index (χ1) is 10.7. The molecule has 1 amide bonds. The Hall–Kier alpha value is -2.18. The average Bonchev–Trinajstić information content (AvgIpc) is 3.19. The third-order valence-electron chi connectivity index (χ3n) is 2.97. The number of halogens is 1. The highest BCUT2D eigenvalue weighted by Gasteiger charge is 2.05. The van der Waals surface area contributed by atoms with Crippen LogP contribution < -0.4 is 5.43 Å². The number of hydrazone groups is 1. The van der Waals surface area contributed by atoms with E-state index in [2.05, 4.69) is 26.5 Å². The first-order valence-corrected chi connectivity index (χ1v) is 8.21. The van der Waals surface area contributed by atoms with Crippen LogP contribution in [0.2, 0.25) is 0 Å². The van der Waals surface area contributed by atoms with Gasteiger partial charge in [0.2, 0.25) is 0 Å². The summed E-state index contributed by atoms with van der Waals surface area (Å²) in [5.41, 5.74) is 4.43. The predicted octanol–water partition coefficient (Wildman–Crippen LogP) is 4.07. The summed E-state index contributed by atoms with van der Waals surface area (Å²) in [6, 6.07) is 15.4. The number of nitrogens with zero attached hydrogens (tertiary/aromatic N) is 2. The lowest BCUT2D eigenvalue weighted by atomic mass is 10.3. The number of carbonyl (C=O) groups excluding carboxylic acids is 1. The monoisotopic (exact) mass is 373 g/mol. The fourth-order valence-electron chi connectivity index (χ4n) is 1.98. The minimum atomic E-state index is -0.202. The number of benzene rings is 1. The van der Waals surface area contributed by atoms with Gasteiger partial charge in [0.1, 0.15) is 0 Å². The molecule has 0 bridgehead atoms. The van der Waals surface area contributed by atoms with Crippen molar-refractivity contribution in [3.63, 3.8) is 0 Å². The second-order valence-corrected chi connectivity index (χ2v) is 6.32. The van der Waals surface area contributed by atoms with Gasteiger partial charge in [-0.1, -0.05) is 28.1 Å². The highest BCUT2D eigenvalue weighted by atomic mass is 79.9. The van der Waals surface area contributed by atoms with Crippen LogP contribution in [0.1, 0.15) is 15.4 Å². The maximum atomic E-state index is 11.8. The molecule has 0 aliphatic carbocycles. The molecule has 0 saturated carbocycles. The van der Waals surface area contributed by atoms with Crippen molar-refractivity contribution in [2.75, 3.05) is 0 Å². The van der Waals surface area contributed by atoms with E-state index in [1.807, 2.05) is 58.6 Å². The molecule has 0 aliphatic heterocycles. The van der Waals surface area contributed by atoms with Crippen molar-refractivity contribution in [2.24, 2.45) is 5.10 Å². The molecule has 110 valence electrons. The predicted molar refractivity (Wildman–Crippen MR) is 92.8 cm³/mol. The van der Waals surface area contributed by atoms with E-state index in [1.54, 1.807) is 12.3 Å². The van der Waals surface area contributed by atoms with Gasteiger partial charge in [0, 0.05) is 16.4 Å². The summed E-state index contributed by atoms with van der Waals surface area (Å²) >= 11 is 4.85. The van der Waals surface area contributed by atoms with E-state index in [-0.39, 0.29) is 5.91 Å². The van der Waals surface area contributed by atoms with E-state index < -0.39 is 0 Å². The molecule has 0 fully saturated rings. The highest BCUT2D eigenvalue weighted by molar-refractivity contribution is 9.10. The second-order valence-electron chi connectivity index (χ2n) is 4.46. The molecule has 2 heterocycles. The molecule has 3 rings (SSSR count). The number of aromatic nitrogens is 1. The SMILES string of the molecule is O=C(N/N=C/c1cccn1-c1cccc(Br)c1)c1cccs1. The topological polar surface area (TPSA) is 46.4 Å². The molecule has 3 aromatic rings. The molecule has 6 heteroatoms. The van der Waals surface area contributed by atoms with E-state index in [0.717, 1.165) is 15.9 Å². The Kier molecular flexibility index (Phi) is 4.50. The van der Waals surface area contributed by atoms with Gasteiger partial charge in [-0.25, -0.2) is 5.43 Å². The standard InChI is InChI=1S/C16H12BrN3OS/c17-12-4-1-5-13(10-12)20-8-2-6-14(20)11-18-19-16(21)15-7-3-9-22-15/h1-11H,(H,19,21)/b18-11+. The second kappa shape index (κ2) is 6.72. The summed E-state index contributed by atoms with van der Waals surface area (Å²) in [7, 11) is 0. The highest BCUT2D eigenvalue weighted by Crippen LogP contribution is 2.17. The summed E-state index contributed by atoms with van der Waals surface area (Å²) in [5.74, 6) is -0.202. The van der Waals surface area contributed by atoms with Crippen molar-refractivity contribution in [2.45, 2.75) is 0 Å². The smallest absolute Gasteiger partial charge is 0.281 e. The minimum Gasteiger partial charge on any atom is -0.316 e. The van der Waals surface area contributed by atoms with Gasteiger partial charge in [0.15, 0.2) is 0 Å². The Balaban J connectivity index is 1.75. The van der Waals surface area contributed by atoms with Crippen molar-refractivity contribution in [1.82, 2.24) is 9.99 Å². The molecule has 0 saturated heterocycles. The quantitative estimate of drug-likeness (QED) is 0.543. The van der Waals surface area contributed by atoms with Gasteiger partial charge in [0.05, 0.1) is 16.8 Å². The average molecular weight is 374 g/mol. The Morgan fingerprint density at radius 3 is 2.91 bits per heavy atom. The van der Waals surface area contributed by atoms with Crippen molar-refractivity contribution >= 4 is 39.4 Å². The fraction of sp³-hybridized carbons (Fsp3) is 0. The zero-order valence-corrected chi connectivity index (χ0v) is 13.8. The van der Waals surface area contributed by atoms with Gasteiger partial charge in [-0.15, -0.1) is 11.3 Å². The van der Waals surface area contributed by atoms with Crippen molar-refractivity contribution in [1.29, 1.82) is 0 Å². The minimum absolute atomic E-state index is 0.202. The van der Waals surface area contributed by atoms with Crippen molar-refractivity contribution < 1.29 is 4.79 Å². The number of nitrogens with one attached hydrogen (secondary N) is 1. The van der Waals surface area contributed by atoms with Crippen LogP contribution in [0.5, 0.6) is 0 Å². The number of amides is 1. The maximum Gasteiger partial charge on any atom is 0.281 e. The lowest BCUT2D eigenvalue weighted by Crippen LogP contribution is -2.16. The van der Waals surface area contributed by atoms with E-state index in [1.165, 1.54) is 11.3 Å². The van der Waals surface area contributed by atoms with Gasteiger partial charge < -0.3 is 4.57 Å². The summed E-state index contributed by atoms with van der Waals surface area (Å²) in [4.78, 5) is 12.4. The van der Waals surface area contributed by atoms with Crippen LogP contribution in [-0.2, 0) is 0 Å². The summed E-state index contributed by atoms with van der Waals surface area (Å²) in [5, 5.41) is 5.89. The molecule has 2 aromatic heterocycles. The molecule has 0 spiro atoms. The largest absolute Gasteiger partial charge is 0.316 e. The van der Waals surface area contributed by atoms with Crippen molar-refractivity contribution in [3.8, 4) is 5.69 Å². The molecule has 4 nitrogen and oxygen atoms in total. The van der Waals surface area contributed by atoms with Crippen LogP contribution in [0.4, 0.5) is 0 Å². The third-order valence-corrected chi connectivity index (χ3v) is 4.34. The van der Waals surface area contributed by atoms with Gasteiger partial charge >= 0.3 is 0 Å². The zero-order chi connectivity index (χ0) is 15.4. The third kappa shape index (κ3) is 3.35. The number of thiophene rings is 1. The zero-order valence-electron chi connectivity index (χ0n) is 11.4. The molecular formula is C16H12BrN3OS. The molecule has 1 aromatic carbocycles. The number of carbonyl (C=O) groups is 1. The lowest BCUT2D eigenvalue weighted by molar-refractivity contribution is 0.0959. The molecular weight excluding hydrogens is 362 g/mol. The molecule has 1 N–H and O–H groups in total. The Morgan fingerprint density at radius 1 is 1.23 bits per heavy atom. The Morgan fingerprint density at radius 2 is 2.14 bits per heavy atom. The van der Waals surface area contributed by atoms with Gasteiger partial charge in [0.25, 0.3) is 5.91 Å². The molecule has 0 aliphatic rings. The van der Waals surface area contributed by atoms with E-state index in [9.17, 15) is 4.79 Å². The van der Waals surface area contributed by atoms with Gasteiger partial charge in [-0.05, 0) is 41.8 Å². The van der Waals surface area contributed by atoms with E-state index in [4.69, 9.17) is 0 Å². The van der Waals surface area contributed by atoms with Crippen LogP contribution in [0.3, 0.4) is 0 Å². The van der Waals surface area contributed by atoms with Gasteiger partial charge in [-0.2, -0.15) is 5.10 Å². The molecule has 22 heavy (non-hydrogen) atoms. The summed E-state index contributed by atoms with van der Waals surface area (Å²) in [6.45, 7) is 0.